The Morgan fingerprint density at radius 1 is 0.576 bits per heavy atom. The zero-order valence-corrected chi connectivity index (χ0v) is 17.0. The van der Waals surface area contributed by atoms with Crippen molar-refractivity contribution in [3.8, 4) is 0 Å². The molecular formula is C24H17F6N3. The highest BCUT2D eigenvalue weighted by atomic mass is 19.4. The van der Waals surface area contributed by atoms with E-state index in [1.807, 2.05) is 0 Å². The summed E-state index contributed by atoms with van der Waals surface area (Å²) in [5.74, 6) is -0.939. The molecule has 0 aromatic heterocycles. The molecule has 9 heteroatoms. The second-order valence-electron chi connectivity index (χ2n) is 7.34. The highest BCUT2D eigenvalue weighted by Gasteiger charge is 2.74. The van der Waals surface area contributed by atoms with E-state index in [1.54, 1.807) is 42.5 Å². The molecule has 0 saturated carbocycles. The molecule has 170 valence electrons. The molecule has 0 atom stereocenters. The average Bonchev–Trinajstić information content (AvgIpc) is 2.79. The van der Waals surface area contributed by atoms with Gasteiger partial charge in [0.05, 0.1) is 6.54 Å². The molecule has 0 amide bonds. The standard InChI is InChI=1S/C24H17F6N3/c25-23(26,27)22(24(28,29)30)31-20(18-12-6-2-7-13-18)33(16-17-10-4-1-5-11-17)21(32-22)19-14-8-3-9-15-19/h1-15H,16H2. The Balaban J connectivity index is 2.02. The fourth-order valence-corrected chi connectivity index (χ4v) is 3.50. The summed E-state index contributed by atoms with van der Waals surface area (Å²) in [6.07, 6.45) is -11.6. The molecule has 0 N–H and O–H groups in total. The predicted octanol–water partition coefficient (Wildman–Crippen LogP) is 6.22. The van der Waals surface area contributed by atoms with Gasteiger partial charge in [-0.15, -0.1) is 0 Å². The summed E-state index contributed by atoms with van der Waals surface area (Å²) in [6.45, 7) is -0.0336. The van der Waals surface area contributed by atoms with Crippen molar-refractivity contribution in [2.45, 2.75) is 24.6 Å². The zero-order valence-electron chi connectivity index (χ0n) is 17.0. The van der Waals surface area contributed by atoms with Crippen LogP contribution in [0.5, 0.6) is 0 Å². The number of hydrogen-bond acceptors (Lipinski definition) is 3. The Bertz CT molecular complexity index is 1080. The number of nitrogens with zero attached hydrogens (tertiary/aromatic N) is 3. The quantitative estimate of drug-likeness (QED) is 0.424. The van der Waals surface area contributed by atoms with E-state index in [4.69, 9.17) is 0 Å². The van der Waals surface area contributed by atoms with E-state index in [-0.39, 0.29) is 17.7 Å². The molecule has 3 aromatic rings. The van der Waals surface area contributed by atoms with Crippen molar-refractivity contribution in [2.24, 2.45) is 9.98 Å². The summed E-state index contributed by atoms with van der Waals surface area (Å²) >= 11 is 0. The van der Waals surface area contributed by atoms with Crippen molar-refractivity contribution in [3.05, 3.63) is 108 Å². The molecule has 0 bridgehead atoms. The van der Waals surface area contributed by atoms with E-state index in [0.29, 0.717) is 5.56 Å². The Morgan fingerprint density at radius 3 is 1.30 bits per heavy atom. The highest BCUT2D eigenvalue weighted by molar-refractivity contribution is 6.16. The van der Waals surface area contributed by atoms with Crippen LogP contribution in [-0.2, 0) is 6.54 Å². The van der Waals surface area contributed by atoms with Crippen LogP contribution in [-0.4, -0.2) is 34.6 Å². The van der Waals surface area contributed by atoms with Gasteiger partial charge in [-0.1, -0.05) is 91.0 Å². The maximum absolute atomic E-state index is 14.1. The topological polar surface area (TPSA) is 28.0 Å². The van der Waals surface area contributed by atoms with Gasteiger partial charge in [-0.3, -0.25) is 0 Å². The monoisotopic (exact) mass is 461 g/mol. The largest absolute Gasteiger partial charge is 0.443 e. The fraction of sp³-hybridized carbons (Fsp3) is 0.167. The number of rotatable bonds is 4. The van der Waals surface area contributed by atoms with Crippen molar-refractivity contribution in [1.82, 2.24) is 4.90 Å². The van der Waals surface area contributed by atoms with Crippen LogP contribution in [0.3, 0.4) is 0 Å². The Kier molecular flexibility index (Phi) is 5.73. The summed E-state index contributed by atoms with van der Waals surface area (Å²) in [5.41, 5.74) is -3.76. The first-order chi connectivity index (χ1) is 15.6. The Morgan fingerprint density at radius 2 is 0.939 bits per heavy atom. The SMILES string of the molecule is FC(F)(F)C1(C(F)(F)F)N=C(c2ccccc2)N(Cc2ccccc2)C(c2ccccc2)=N1. The molecule has 1 aliphatic heterocycles. The predicted molar refractivity (Wildman–Crippen MR) is 113 cm³/mol. The summed E-state index contributed by atoms with van der Waals surface area (Å²) < 4.78 is 84.4. The average molecular weight is 461 g/mol. The van der Waals surface area contributed by atoms with E-state index in [1.165, 1.54) is 53.4 Å². The smallest absolute Gasteiger partial charge is 0.306 e. The van der Waals surface area contributed by atoms with Crippen LogP contribution in [0.4, 0.5) is 26.3 Å². The number of amidine groups is 2. The summed E-state index contributed by atoms with van der Waals surface area (Å²) in [4.78, 5) is 7.86. The number of hydrogen-bond donors (Lipinski definition) is 0. The third-order valence-electron chi connectivity index (χ3n) is 5.08. The van der Waals surface area contributed by atoms with Crippen molar-refractivity contribution in [2.75, 3.05) is 0 Å². The Hall–Kier alpha value is -3.62. The molecule has 0 saturated heterocycles. The van der Waals surface area contributed by atoms with E-state index in [2.05, 4.69) is 9.98 Å². The van der Waals surface area contributed by atoms with Gasteiger partial charge in [0.25, 0.3) is 0 Å². The fourth-order valence-electron chi connectivity index (χ4n) is 3.50. The minimum absolute atomic E-state index is 0.0336. The molecular weight excluding hydrogens is 444 g/mol. The lowest BCUT2D eigenvalue weighted by atomic mass is 10.0. The zero-order chi connectivity index (χ0) is 23.7. The van der Waals surface area contributed by atoms with E-state index >= 15 is 0 Å². The summed E-state index contributed by atoms with van der Waals surface area (Å²) in [6, 6.07) is 23.7. The van der Waals surface area contributed by atoms with Crippen LogP contribution >= 0.6 is 0 Å². The van der Waals surface area contributed by atoms with Gasteiger partial charge in [-0.05, 0) is 5.56 Å². The molecule has 1 heterocycles. The minimum atomic E-state index is -5.82. The van der Waals surface area contributed by atoms with Crippen LogP contribution in [0.1, 0.15) is 16.7 Å². The molecule has 0 radical (unpaired) electrons. The van der Waals surface area contributed by atoms with Gasteiger partial charge in [0.2, 0.25) is 0 Å². The molecule has 3 nitrogen and oxygen atoms in total. The lowest BCUT2D eigenvalue weighted by Gasteiger charge is -2.39. The molecule has 0 aliphatic carbocycles. The van der Waals surface area contributed by atoms with Gasteiger partial charge < -0.3 is 4.90 Å². The lowest BCUT2D eigenvalue weighted by Crippen LogP contribution is -2.59. The Labute approximate surface area is 185 Å². The van der Waals surface area contributed by atoms with Gasteiger partial charge >= 0.3 is 18.0 Å². The second-order valence-corrected chi connectivity index (χ2v) is 7.34. The van der Waals surface area contributed by atoms with Crippen molar-refractivity contribution >= 4 is 11.7 Å². The van der Waals surface area contributed by atoms with Gasteiger partial charge in [0.1, 0.15) is 11.7 Å². The van der Waals surface area contributed by atoms with E-state index in [0.717, 1.165) is 0 Å². The lowest BCUT2D eigenvalue weighted by molar-refractivity contribution is -0.293. The van der Waals surface area contributed by atoms with Crippen LogP contribution in [0.25, 0.3) is 0 Å². The van der Waals surface area contributed by atoms with Gasteiger partial charge in [-0.2, -0.15) is 26.3 Å². The molecule has 0 spiro atoms. The third kappa shape index (κ3) is 4.22. The summed E-state index contributed by atoms with van der Waals surface area (Å²) in [5, 5.41) is 0. The van der Waals surface area contributed by atoms with Crippen molar-refractivity contribution < 1.29 is 26.3 Å². The van der Waals surface area contributed by atoms with E-state index in [9.17, 15) is 26.3 Å². The normalized spacial score (nSPS) is 16.2. The minimum Gasteiger partial charge on any atom is -0.306 e. The van der Waals surface area contributed by atoms with Crippen LogP contribution in [0.2, 0.25) is 0 Å². The van der Waals surface area contributed by atoms with Crippen molar-refractivity contribution in [3.63, 3.8) is 0 Å². The van der Waals surface area contributed by atoms with Gasteiger partial charge in [0, 0.05) is 11.1 Å². The van der Waals surface area contributed by atoms with Gasteiger partial charge in [-0.25, -0.2) is 9.98 Å². The van der Waals surface area contributed by atoms with Crippen LogP contribution < -0.4 is 0 Å². The van der Waals surface area contributed by atoms with Crippen LogP contribution in [0.15, 0.2) is 101 Å². The molecule has 0 unspecified atom stereocenters. The van der Waals surface area contributed by atoms with E-state index < -0.39 is 29.7 Å². The number of halogens is 6. The molecule has 33 heavy (non-hydrogen) atoms. The maximum Gasteiger partial charge on any atom is 0.443 e. The first kappa shape index (κ1) is 22.6. The second kappa shape index (κ2) is 8.38. The van der Waals surface area contributed by atoms with Crippen molar-refractivity contribution in [1.29, 1.82) is 0 Å². The molecule has 4 rings (SSSR count). The highest BCUT2D eigenvalue weighted by Crippen LogP contribution is 2.49. The molecule has 1 aliphatic rings. The first-order valence-electron chi connectivity index (χ1n) is 9.88. The first-order valence-corrected chi connectivity index (χ1v) is 9.88. The number of alkyl halides is 6. The number of aliphatic imine (C=N–C) groups is 2. The van der Waals surface area contributed by atoms with Gasteiger partial charge in [0.15, 0.2) is 0 Å². The molecule has 3 aromatic carbocycles. The third-order valence-corrected chi connectivity index (χ3v) is 5.08. The van der Waals surface area contributed by atoms with Crippen LogP contribution in [0, 0.1) is 0 Å². The maximum atomic E-state index is 14.1. The number of benzene rings is 3. The summed E-state index contributed by atoms with van der Waals surface area (Å²) in [7, 11) is 0. The molecule has 0 fully saturated rings.